The van der Waals surface area contributed by atoms with Gasteiger partial charge >= 0.3 is 6.09 Å². The van der Waals surface area contributed by atoms with Crippen molar-refractivity contribution in [3.05, 3.63) is 29.8 Å². The summed E-state index contributed by atoms with van der Waals surface area (Å²) in [6, 6.07) is 6.78. The summed E-state index contributed by atoms with van der Waals surface area (Å²) in [4.78, 5) is 24.2. The van der Waals surface area contributed by atoms with Gasteiger partial charge in [0.15, 0.2) is 0 Å². The van der Waals surface area contributed by atoms with Crippen LogP contribution in [0.15, 0.2) is 29.2 Å². The van der Waals surface area contributed by atoms with Crippen LogP contribution < -0.4 is 10.6 Å². The van der Waals surface area contributed by atoms with Crippen LogP contribution in [0.25, 0.3) is 0 Å². The van der Waals surface area contributed by atoms with Crippen molar-refractivity contribution in [1.82, 2.24) is 14.9 Å². The first-order chi connectivity index (χ1) is 13.5. The van der Waals surface area contributed by atoms with Crippen LogP contribution in [-0.2, 0) is 19.6 Å². The van der Waals surface area contributed by atoms with Gasteiger partial charge in [-0.15, -0.1) is 0 Å². The first kappa shape index (κ1) is 23.2. The molecule has 8 nitrogen and oxygen atoms in total. The fourth-order valence-electron chi connectivity index (χ4n) is 3.03. The number of aryl methyl sites for hydroxylation is 1. The maximum Gasteiger partial charge on any atom is 0.407 e. The Morgan fingerprint density at radius 1 is 1.07 bits per heavy atom. The van der Waals surface area contributed by atoms with Crippen LogP contribution in [0.3, 0.4) is 0 Å². The molecule has 0 saturated carbocycles. The van der Waals surface area contributed by atoms with Crippen molar-refractivity contribution < 1.29 is 22.7 Å². The molecule has 1 aromatic carbocycles. The van der Waals surface area contributed by atoms with Gasteiger partial charge in [0.05, 0.1) is 4.90 Å². The molecule has 0 aromatic heterocycles. The Bertz CT molecular complexity index is 808. The van der Waals surface area contributed by atoms with Crippen molar-refractivity contribution in [1.29, 1.82) is 0 Å². The van der Waals surface area contributed by atoms with Gasteiger partial charge < -0.3 is 15.4 Å². The number of piperidine rings is 1. The van der Waals surface area contributed by atoms with Gasteiger partial charge in [-0.1, -0.05) is 17.7 Å². The molecule has 0 spiro atoms. The Kier molecular flexibility index (Phi) is 7.65. The summed E-state index contributed by atoms with van der Waals surface area (Å²) in [5, 5.41) is 5.37. The number of rotatable bonds is 6. The molecule has 9 heteroatoms. The van der Waals surface area contributed by atoms with Crippen LogP contribution in [0.1, 0.15) is 39.2 Å². The summed E-state index contributed by atoms with van der Waals surface area (Å²) in [5.41, 5.74) is 0.431. The van der Waals surface area contributed by atoms with Crippen LogP contribution in [-0.4, -0.2) is 56.5 Å². The number of sulfonamides is 1. The Hall–Kier alpha value is -2.13. The summed E-state index contributed by atoms with van der Waals surface area (Å²) < 4.78 is 32.0. The summed E-state index contributed by atoms with van der Waals surface area (Å²) in [6.45, 7) is 8.42. The number of nitrogens with zero attached hydrogens (tertiary/aromatic N) is 1. The first-order valence-electron chi connectivity index (χ1n) is 9.80. The van der Waals surface area contributed by atoms with Crippen molar-refractivity contribution in [2.75, 3.05) is 26.2 Å². The van der Waals surface area contributed by atoms with Gasteiger partial charge in [0, 0.05) is 32.1 Å². The molecule has 1 aliphatic heterocycles. The van der Waals surface area contributed by atoms with Gasteiger partial charge in [-0.3, -0.25) is 4.79 Å². The average Bonchev–Trinajstić information content (AvgIpc) is 2.64. The minimum absolute atomic E-state index is 0.122. The highest BCUT2D eigenvalue weighted by Gasteiger charge is 2.31. The van der Waals surface area contributed by atoms with E-state index in [-0.39, 0.29) is 23.3 Å². The molecular formula is C20H31N3O5S. The van der Waals surface area contributed by atoms with E-state index < -0.39 is 21.7 Å². The van der Waals surface area contributed by atoms with E-state index in [4.69, 9.17) is 4.74 Å². The molecule has 0 radical (unpaired) electrons. The Balaban J connectivity index is 1.75. The van der Waals surface area contributed by atoms with E-state index in [2.05, 4.69) is 10.6 Å². The van der Waals surface area contributed by atoms with Gasteiger partial charge in [0.2, 0.25) is 15.9 Å². The number of benzene rings is 1. The lowest BCUT2D eigenvalue weighted by molar-refractivity contribution is -0.126. The largest absolute Gasteiger partial charge is 0.444 e. The van der Waals surface area contributed by atoms with Crippen molar-refractivity contribution in [2.45, 2.75) is 51.0 Å². The van der Waals surface area contributed by atoms with Gasteiger partial charge in [0.1, 0.15) is 5.60 Å². The van der Waals surface area contributed by atoms with E-state index in [0.717, 1.165) is 5.56 Å². The van der Waals surface area contributed by atoms with Gasteiger partial charge in [-0.2, -0.15) is 4.31 Å². The molecule has 1 heterocycles. The Morgan fingerprint density at radius 2 is 1.62 bits per heavy atom. The van der Waals surface area contributed by atoms with Crippen molar-refractivity contribution >= 4 is 22.0 Å². The predicted octanol–water partition coefficient (Wildman–Crippen LogP) is 2.04. The molecule has 1 aliphatic rings. The maximum atomic E-state index is 12.7. The molecule has 2 N–H and O–H groups in total. The number of carbonyl (C=O) groups excluding carboxylic acids is 2. The zero-order chi connectivity index (χ0) is 21.7. The van der Waals surface area contributed by atoms with Crippen molar-refractivity contribution in [2.24, 2.45) is 5.92 Å². The second-order valence-electron chi connectivity index (χ2n) is 8.21. The molecule has 2 amide bonds. The second-order valence-corrected chi connectivity index (χ2v) is 10.1. The molecule has 0 aliphatic carbocycles. The molecule has 0 unspecified atom stereocenters. The van der Waals surface area contributed by atoms with E-state index in [9.17, 15) is 18.0 Å². The summed E-state index contributed by atoms with van der Waals surface area (Å²) in [5.74, 6) is -0.357. The topological polar surface area (TPSA) is 105 Å². The van der Waals surface area contributed by atoms with Crippen LogP contribution >= 0.6 is 0 Å². The monoisotopic (exact) mass is 425 g/mol. The molecule has 0 atom stereocenters. The number of alkyl carbamates (subject to hydrolysis) is 1. The third kappa shape index (κ3) is 7.01. The fraction of sp³-hybridized carbons (Fsp3) is 0.600. The number of ether oxygens (including phenoxy) is 1. The zero-order valence-corrected chi connectivity index (χ0v) is 18.3. The minimum atomic E-state index is -3.53. The minimum Gasteiger partial charge on any atom is -0.444 e. The number of amides is 2. The normalized spacial score (nSPS) is 16.3. The number of hydrogen-bond donors (Lipinski definition) is 2. The number of nitrogens with one attached hydrogen (secondary N) is 2. The Labute approximate surface area is 173 Å². The third-order valence-corrected chi connectivity index (χ3v) is 6.49. The van der Waals surface area contributed by atoms with Gasteiger partial charge in [0.25, 0.3) is 0 Å². The summed E-state index contributed by atoms with van der Waals surface area (Å²) in [7, 11) is -3.53. The van der Waals surface area contributed by atoms with Crippen LogP contribution in [0, 0.1) is 12.8 Å². The molecular weight excluding hydrogens is 394 g/mol. The lowest BCUT2D eigenvalue weighted by atomic mass is 9.97. The first-order valence-corrected chi connectivity index (χ1v) is 11.2. The third-order valence-electron chi connectivity index (χ3n) is 4.58. The lowest BCUT2D eigenvalue weighted by Gasteiger charge is -2.30. The molecule has 2 rings (SSSR count). The van der Waals surface area contributed by atoms with Crippen LogP contribution in [0.5, 0.6) is 0 Å². The summed E-state index contributed by atoms with van der Waals surface area (Å²) >= 11 is 0. The molecule has 0 bridgehead atoms. The quantitative estimate of drug-likeness (QED) is 0.679. The van der Waals surface area contributed by atoms with E-state index in [0.29, 0.717) is 32.5 Å². The van der Waals surface area contributed by atoms with Crippen molar-refractivity contribution in [3.8, 4) is 0 Å². The smallest absolute Gasteiger partial charge is 0.407 e. The van der Waals surface area contributed by atoms with E-state index in [1.54, 1.807) is 45.0 Å². The van der Waals surface area contributed by atoms with Gasteiger partial charge in [-0.25, -0.2) is 13.2 Å². The number of hydrogen-bond acceptors (Lipinski definition) is 5. The standard InChI is InChI=1S/C20H31N3O5S/c1-15-5-7-17(8-6-15)29(26,27)23-13-9-16(10-14-23)18(24)21-11-12-22-19(25)28-20(2,3)4/h5-8,16H,9-14H2,1-4H3,(H,21,24)(H,22,25). The zero-order valence-electron chi connectivity index (χ0n) is 17.5. The van der Waals surface area contributed by atoms with Crippen molar-refractivity contribution in [3.63, 3.8) is 0 Å². The maximum absolute atomic E-state index is 12.7. The molecule has 29 heavy (non-hydrogen) atoms. The Morgan fingerprint density at radius 3 is 2.17 bits per heavy atom. The predicted molar refractivity (Wildman–Crippen MR) is 110 cm³/mol. The van der Waals surface area contributed by atoms with E-state index in [1.165, 1.54) is 4.31 Å². The molecule has 1 fully saturated rings. The lowest BCUT2D eigenvalue weighted by Crippen LogP contribution is -2.44. The molecule has 162 valence electrons. The highest BCUT2D eigenvalue weighted by molar-refractivity contribution is 7.89. The molecule has 1 saturated heterocycles. The van der Waals surface area contributed by atoms with Crippen LogP contribution in [0.4, 0.5) is 4.79 Å². The average molecular weight is 426 g/mol. The highest BCUT2D eigenvalue weighted by Crippen LogP contribution is 2.24. The summed E-state index contributed by atoms with van der Waals surface area (Å²) in [6.07, 6.45) is 0.411. The highest BCUT2D eigenvalue weighted by atomic mass is 32.2. The number of carbonyl (C=O) groups is 2. The second kappa shape index (κ2) is 9.58. The SMILES string of the molecule is Cc1ccc(S(=O)(=O)N2CCC(C(=O)NCCNC(=O)OC(C)(C)C)CC2)cc1. The fourth-order valence-corrected chi connectivity index (χ4v) is 4.50. The van der Waals surface area contributed by atoms with Gasteiger partial charge in [-0.05, 0) is 52.7 Å². The van der Waals surface area contributed by atoms with E-state index in [1.807, 2.05) is 6.92 Å². The van der Waals surface area contributed by atoms with Crippen LogP contribution in [0.2, 0.25) is 0 Å². The molecule has 1 aromatic rings. The van der Waals surface area contributed by atoms with E-state index >= 15 is 0 Å².